The van der Waals surface area contributed by atoms with Crippen LogP contribution in [0.25, 0.3) is 0 Å². The van der Waals surface area contributed by atoms with E-state index in [0.29, 0.717) is 18.8 Å². The van der Waals surface area contributed by atoms with Crippen LogP contribution in [0.5, 0.6) is 11.5 Å². The largest absolute Gasteiger partial charge is 0.496 e. The Labute approximate surface area is 239 Å². The Morgan fingerprint density at radius 2 is 1.85 bits per heavy atom. The number of halogens is 1. The number of amides is 2. The van der Waals surface area contributed by atoms with E-state index in [9.17, 15) is 19.5 Å². The quantitative estimate of drug-likeness (QED) is 0.241. The van der Waals surface area contributed by atoms with Gasteiger partial charge in [0.25, 0.3) is 0 Å². The standard InChI is InChI=1S/C29H37ClN2O8/c1-6-40-21-15-29(16-21,27(34)35)31-28(36)32(12-13-39-17-20-10-8-7-9-11-20)18(2)22-14-23(37-4)24(19(3)33)26(38-5)25(22)30/h7-11,14,18,21H,6,12-13,15-17H2,1-5H3,(H,31,36)(H,34,35). The number of carbonyl (C=O) groups excluding carboxylic acids is 2. The molecule has 2 aromatic rings. The molecule has 0 saturated heterocycles. The molecule has 1 unspecified atom stereocenters. The van der Waals surface area contributed by atoms with Gasteiger partial charge < -0.3 is 34.3 Å². The molecule has 0 aliphatic heterocycles. The maximum absolute atomic E-state index is 13.7. The molecule has 2 amide bonds. The minimum absolute atomic E-state index is 0.125. The maximum atomic E-state index is 13.7. The molecule has 0 heterocycles. The van der Waals surface area contributed by atoms with E-state index in [2.05, 4.69) is 5.32 Å². The van der Waals surface area contributed by atoms with Gasteiger partial charge in [0.05, 0.1) is 44.6 Å². The smallest absolute Gasteiger partial charge is 0.329 e. The number of hydrogen-bond acceptors (Lipinski definition) is 7. The second-order valence-corrected chi connectivity index (χ2v) is 10.0. The SMILES string of the molecule is CCOC1CC(NC(=O)N(CCOCc2ccccc2)C(C)c2cc(OC)c(C(C)=O)c(OC)c2Cl)(C(=O)O)C1. The Kier molecular flexibility index (Phi) is 10.8. The van der Waals surface area contributed by atoms with Crippen molar-refractivity contribution in [3.05, 3.63) is 58.1 Å². The summed E-state index contributed by atoms with van der Waals surface area (Å²) in [7, 11) is 2.82. The van der Waals surface area contributed by atoms with Crippen LogP contribution in [0, 0.1) is 0 Å². The second-order valence-electron chi connectivity index (χ2n) is 9.66. The molecule has 11 heteroatoms. The molecule has 3 rings (SSSR count). The lowest BCUT2D eigenvalue weighted by Crippen LogP contribution is -2.66. The van der Waals surface area contributed by atoms with Crippen LogP contribution in [-0.2, 0) is 20.9 Å². The number of hydrogen-bond donors (Lipinski definition) is 2. The summed E-state index contributed by atoms with van der Waals surface area (Å²) in [5.74, 6) is -1.04. The van der Waals surface area contributed by atoms with E-state index < -0.39 is 23.6 Å². The highest BCUT2D eigenvalue weighted by atomic mass is 35.5. The van der Waals surface area contributed by atoms with Crippen molar-refractivity contribution >= 4 is 29.4 Å². The van der Waals surface area contributed by atoms with Crippen molar-refractivity contribution in [2.45, 2.75) is 57.9 Å². The molecule has 0 radical (unpaired) electrons. The number of urea groups is 1. The van der Waals surface area contributed by atoms with Crippen molar-refractivity contribution in [3.8, 4) is 11.5 Å². The number of nitrogens with zero attached hydrogens (tertiary/aromatic N) is 1. The highest BCUT2D eigenvalue weighted by molar-refractivity contribution is 6.33. The number of aliphatic carboxylic acids is 1. The molecular formula is C29H37ClN2O8. The van der Waals surface area contributed by atoms with Crippen LogP contribution in [0.4, 0.5) is 4.79 Å². The number of rotatable bonds is 14. The summed E-state index contributed by atoms with van der Waals surface area (Å²) in [6, 6.07) is 9.92. The van der Waals surface area contributed by atoms with Gasteiger partial charge in [-0.05, 0) is 32.4 Å². The lowest BCUT2D eigenvalue weighted by atomic mass is 9.74. The Hall–Kier alpha value is -3.34. The minimum Gasteiger partial charge on any atom is -0.496 e. The number of nitrogens with one attached hydrogen (secondary N) is 1. The van der Waals surface area contributed by atoms with Gasteiger partial charge in [0.1, 0.15) is 16.9 Å². The Bertz CT molecular complexity index is 1200. The summed E-state index contributed by atoms with van der Waals surface area (Å²) in [5, 5.41) is 12.8. The van der Waals surface area contributed by atoms with Crippen LogP contribution in [-0.4, -0.2) is 73.4 Å². The van der Waals surface area contributed by atoms with Crippen LogP contribution in [0.3, 0.4) is 0 Å². The molecule has 1 aliphatic rings. The monoisotopic (exact) mass is 576 g/mol. The van der Waals surface area contributed by atoms with Crippen LogP contribution in [0.2, 0.25) is 5.02 Å². The first-order valence-corrected chi connectivity index (χ1v) is 13.5. The number of Topliss-reactive ketones (excluding diaryl/α,β-unsaturated/α-hetero) is 1. The number of methoxy groups -OCH3 is 2. The highest BCUT2D eigenvalue weighted by Crippen LogP contribution is 2.43. The van der Waals surface area contributed by atoms with Crippen LogP contribution >= 0.6 is 11.6 Å². The van der Waals surface area contributed by atoms with Gasteiger partial charge in [-0.25, -0.2) is 9.59 Å². The molecule has 218 valence electrons. The topological polar surface area (TPSA) is 124 Å². The zero-order valence-electron chi connectivity index (χ0n) is 23.5. The molecule has 0 aromatic heterocycles. The molecule has 0 spiro atoms. The lowest BCUT2D eigenvalue weighted by Gasteiger charge is -2.45. The van der Waals surface area contributed by atoms with Gasteiger partial charge in [-0.2, -0.15) is 0 Å². The fourth-order valence-corrected chi connectivity index (χ4v) is 5.25. The molecule has 1 aliphatic carbocycles. The predicted octanol–water partition coefficient (Wildman–Crippen LogP) is 4.87. The van der Waals surface area contributed by atoms with Gasteiger partial charge in [0.15, 0.2) is 11.5 Å². The molecule has 0 bridgehead atoms. The zero-order valence-corrected chi connectivity index (χ0v) is 24.2. The summed E-state index contributed by atoms with van der Waals surface area (Å²) >= 11 is 6.71. The zero-order chi connectivity index (χ0) is 29.4. The van der Waals surface area contributed by atoms with E-state index >= 15 is 0 Å². The van der Waals surface area contributed by atoms with Gasteiger partial charge in [-0.1, -0.05) is 41.9 Å². The first kappa shape index (κ1) is 31.2. The third kappa shape index (κ3) is 6.86. The molecule has 2 aromatic carbocycles. The Balaban J connectivity index is 1.90. The average molecular weight is 577 g/mol. The molecule has 1 atom stereocenters. The fraction of sp³-hybridized carbons (Fsp3) is 0.483. The summed E-state index contributed by atoms with van der Waals surface area (Å²) in [5.41, 5.74) is 0.181. The highest BCUT2D eigenvalue weighted by Gasteiger charge is 2.53. The van der Waals surface area contributed by atoms with E-state index in [1.807, 2.05) is 37.3 Å². The first-order valence-electron chi connectivity index (χ1n) is 13.1. The van der Waals surface area contributed by atoms with Crippen molar-refractivity contribution in [1.82, 2.24) is 10.2 Å². The molecule has 1 fully saturated rings. The van der Waals surface area contributed by atoms with Crippen LogP contribution < -0.4 is 14.8 Å². The number of benzene rings is 2. The fourth-order valence-electron chi connectivity index (χ4n) is 4.86. The van der Waals surface area contributed by atoms with E-state index in [4.69, 9.17) is 30.5 Å². The van der Waals surface area contributed by atoms with Crippen molar-refractivity contribution < 1.29 is 38.4 Å². The summed E-state index contributed by atoms with van der Waals surface area (Å²) in [4.78, 5) is 39.7. The number of carboxylic acid groups (broad SMARTS) is 1. The van der Waals surface area contributed by atoms with E-state index in [1.54, 1.807) is 13.0 Å². The van der Waals surface area contributed by atoms with Gasteiger partial charge in [0, 0.05) is 31.6 Å². The normalized spacial score (nSPS) is 18.8. The first-order chi connectivity index (χ1) is 19.1. The van der Waals surface area contributed by atoms with Gasteiger partial charge >= 0.3 is 12.0 Å². The molecule has 40 heavy (non-hydrogen) atoms. The van der Waals surface area contributed by atoms with Gasteiger partial charge in [-0.3, -0.25) is 4.79 Å². The van der Waals surface area contributed by atoms with E-state index in [-0.39, 0.29) is 60.0 Å². The summed E-state index contributed by atoms with van der Waals surface area (Å²) < 4.78 is 22.3. The van der Waals surface area contributed by atoms with E-state index in [0.717, 1.165) is 5.56 Å². The lowest BCUT2D eigenvalue weighted by molar-refractivity contribution is -0.156. The molecule has 10 nitrogen and oxygen atoms in total. The van der Waals surface area contributed by atoms with Crippen molar-refractivity contribution in [2.24, 2.45) is 0 Å². The number of carboxylic acids is 1. The molecule has 2 N–H and O–H groups in total. The summed E-state index contributed by atoms with van der Waals surface area (Å²) in [6.45, 7) is 6.06. The maximum Gasteiger partial charge on any atom is 0.329 e. The average Bonchev–Trinajstić information content (AvgIpc) is 2.91. The van der Waals surface area contributed by atoms with Gasteiger partial charge in [0.2, 0.25) is 0 Å². The third-order valence-electron chi connectivity index (χ3n) is 7.07. The second kappa shape index (κ2) is 13.8. The van der Waals surface area contributed by atoms with Gasteiger partial charge in [-0.15, -0.1) is 0 Å². The molecule has 1 saturated carbocycles. The Morgan fingerprint density at radius 1 is 1.18 bits per heavy atom. The number of ether oxygens (including phenoxy) is 4. The van der Waals surface area contributed by atoms with Crippen LogP contribution in [0.1, 0.15) is 61.1 Å². The third-order valence-corrected chi connectivity index (χ3v) is 7.46. The van der Waals surface area contributed by atoms with Crippen molar-refractivity contribution in [1.29, 1.82) is 0 Å². The van der Waals surface area contributed by atoms with Crippen molar-refractivity contribution in [3.63, 3.8) is 0 Å². The van der Waals surface area contributed by atoms with Crippen LogP contribution in [0.15, 0.2) is 36.4 Å². The predicted molar refractivity (Wildman–Crippen MR) is 149 cm³/mol. The molecular weight excluding hydrogens is 540 g/mol. The number of ketones is 1. The van der Waals surface area contributed by atoms with Crippen molar-refractivity contribution in [2.75, 3.05) is 34.0 Å². The Morgan fingerprint density at radius 3 is 2.40 bits per heavy atom. The summed E-state index contributed by atoms with van der Waals surface area (Å²) in [6.07, 6.45) is 0.0675. The van der Waals surface area contributed by atoms with E-state index in [1.165, 1.54) is 26.0 Å². The number of carbonyl (C=O) groups is 3. The minimum atomic E-state index is -1.45.